The van der Waals surface area contributed by atoms with Gasteiger partial charge in [-0.2, -0.15) is 9.13 Å². The van der Waals surface area contributed by atoms with Crippen molar-refractivity contribution in [3.8, 4) is 0 Å². The highest BCUT2D eigenvalue weighted by molar-refractivity contribution is 5.94. The number of hydrogen-bond acceptors (Lipinski definition) is 5. The molecule has 0 saturated heterocycles. The Labute approximate surface area is 121 Å². The van der Waals surface area contributed by atoms with Crippen molar-refractivity contribution < 1.29 is 13.6 Å². The molecule has 0 saturated carbocycles. The van der Waals surface area contributed by atoms with Crippen molar-refractivity contribution in [1.29, 1.82) is 0 Å². The van der Waals surface area contributed by atoms with Gasteiger partial charge in [0.05, 0.1) is 11.0 Å². The summed E-state index contributed by atoms with van der Waals surface area (Å²) in [6, 6.07) is 12.1. The van der Waals surface area contributed by atoms with Crippen LogP contribution in [0.15, 0.2) is 67.0 Å². The second kappa shape index (κ2) is 4.32. The van der Waals surface area contributed by atoms with Crippen LogP contribution in [-0.4, -0.2) is 15.2 Å². The predicted molar refractivity (Wildman–Crippen MR) is 77.1 cm³/mol. The summed E-state index contributed by atoms with van der Waals surface area (Å²) >= 11 is 0. The molecule has 0 N–H and O–H groups in total. The van der Waals surface area contributed by atoms with Gasteiger partial charge in [0.2, 0.25) is 0 Å². The van der Waals surface area contributed by atoms with Crippen LogP contribution < -0.4 is 11.5 Å². The van der Waals surface area contributed by atoms with E-state index in [1.807, 2.05) is 0 Å². The average molecular weight is 296 g/mol. The van der Waals surface area contributed by atoms with E-state index in [9.17, 15) is 14.4 Å². The van der Waals surface area contributed by atoms with Crippen molar-refractivity contribution >= 4 is 28.2 Å². The molecule has 0 unspecified atom stereocenters. The molecule has 108 valence electrons. The molecule has 0 aliphatic rings. The summed E-state index contributed by atoms with van der Waals surface area (Å²) < 4.78 is 11.6. The first-order chi connectivity index (χ1) is 10.7. The molecule has 0 radical (unpaired) electrons. The third-order valence-corrected chi connectivity index (χ3v) is 3.35. The molecular weight excluding hydrogens is 288 g/mol. The summed E-state index contributed by atoms with van der Waals surface area (Å²) in [4.78, 5) is 36.5. The van der Waals surface area contributed by atoms with Gasteiger partial charge in [0.1, 0.15) is 0 Å². The molecule has 2 aromatic carbocycles. The number of carbonyl (C=O) groups excluding carboxylic acids is 1. The maximum Gasteiger partial charge on any atom is 0.428 e. The Hall–Kier alpha value is -3.35. The standard InChI is InChI=1S/C15H8N2O5/c18-13(16-9-5-1-3-7-11(9)21-14(16)19)17-10-6-2-4-8-12(10)22-15(17)20/h1-8H. The van der Waals surface area contributed by atoms with Crippen LogP contribution in [-0.2, 0) is 0 Å². The largest absolute Gasteiger partial charge is 0.428 e. The lowest BCUT2D eigenvalue weighted by molar-refractivity contribution is 0.241. The highest BCUT2D eigenvalue weighted by Crippen LogP contribution is 2.15. The second-order valence-electron chi connectivity index (χ2n) is 4.62. The summed E-state index contributed by atoms with van der Waals surface area (Å²) in [6.45, 7) is 0. The van der Waals surface area contributed by atoms with Crippen LogP contribution in [0.1, 0.15) is 0 Å². The first-order valence-electron chi connectivity index (χ1n) is 6.43. The van der Waals surface area contributed by atoms with E-state index in [0.717, 1.165) is 9.13 Å². The molecule has 22 heavy (non-hydrogen) atoms. The van der Waals surface area contributed by atoms with Crippen molar-refractivity contribution in [3.05, 3.63) is 69.6 Å². The Kier molecular flexibility index (Phi) is 2.43. The third-order valence-electron chi connectivity index (χ3n) is 3.35. The number of oxazole rings is 2. The first-order valence-corrected chi connectivity index (χ1v) is 6.43. The highest BCUT2D eigenvalue weighted by atomic mass is 16.4. The number of rotatable bonds is 0. The Balaban J connectivity index is 2.05. The highest BCUT2D eigenvalue weighted by Gasteiger charge is 2.22. The fourth-order valence-corrected chi connectivity index (χ4v) is 2.39. The number of carbonyl (C=O) groups is 1. The van der Waals surface area contributed by atoms with E-state index in [1.165, 1.54) is 0 Å². The fourth-order valence-electron chi connectivity index (χ4n) is 2.39. The van der Waals surface area contributed by atoms with Gasteiger partial charge in [-0.25, -0.2) is 14.4 Å². The number of benzene rings is 2. The molecule has 0 aliphatic carbocycles. The van der Waals surface area contributed by atoms with E-state index < -0.39 is 17.5 Å². The molecule has 0 atom stereocenters. The Bertz CT molecular complexity index is 1050. The van der Waals surface area contributed by atoms with Crippen molar-refractivity contribution in [1.82, 2.24) is 9.13 Å². The summed E-state index contributed by atoms with van der Waals surface area (Å²) in [5.41, 5.74) is 1.10. The first kappa shape index (κ1) is 12.4. The molecule has 0 amide bonds. The van der Waals surface area contributed by atoms with Gasteiger partial charge in [0.15, 0.2) is 11.2 Å². The summed E-state index contributed by atoms with van der Waals surface area (Å²) in [7, 11) is 0. The van der Waals surface area contributed by atoms with E-state index in [2.05, 4.69) is 0 Å². The van der Waals surface area contributed by atoms with E-state index in [0.29, 0.717) is 0 Å². The fraction of sp³-hybridized carbons (Fsp3) is 0. The molecule has 0 fully saturated rings. The second-order valence-corrected chi connectivity index (χ2v) is 4.62. The summed E-state index contributed by atoms with van der Waals surface area (Å²) in [5, 5.41) is 0. The average Bonchev–Trinajstić information content (AvgIpc) is 3.01. The maximum absolute atomic E-state index is 12.6. The van der Waals surface area contributed by atoms with Crippen LogP contribution in [0.5, 0.6) is 0 Å². The van der Waals surface area contributed by atoms with E-state index in [1.54, 1.807) is 48.5 Å². The predicted octanol–water partition coefficient (Wildman–Crippen LogP) is 2.02. The topological polar surface area (TPSA) is 87.4 Å². The van der Waals surface area contributed by atoms with Gasteiger partial charge in [-0.15, -0.1) is 0 Å². The molecule has 4 aromatic rings. The summed E-state index contributed by atoms with van der Waals surface area (Å²) in [5.74, 6) is -1.72. The van der Waals surface area contributed by atoms with E-state index in [4.69, 9.17) is 8.83 Å². The van der Waals surface area contributed by atoms with Crippen molar-refractivity contribution in [3.63, 3.8) is 0 Å². The normalized spacial score (nSPS) is 11.3. The maximum atomic E-state index is 12.6. The molecule has 0 aliphatic heterocycles. The molecule has 4 rings (SSSR count). The zero-order valence-electron chi connectivity index (χ0n) is 11.1. The Morgan fingerprint density at radius 1 is 0.727 bits per heavy atom. The third kappa shape index (κ3) is 1.59. The number of para-hydroxylation sites is 4. The van der Waals surface area contributed by atoms with Crippen molar-refractivity contribution in [2.24, 2.45) is 0 Å². The van der Waals surface area contributed by atoms with Crippen LogP contribution in [0.4, 0.5) is 4.79 Å². The lowest BCUT2D eigenvalue weighted by Gasteiger charge is -2.01. The zero-order chi connectivity index (χ0) is 15.3. The molecule has 7 nitrogen and oxygen atoms in total. The monoisotopic (exact) mass is 296 g/mol. The Morgan fingerprint density at radius 2 is 1.14 bits per heavy atom. The van der Waals surface area contributed by atoms with Gasteiger partial charge in [0.25, 0.3) is 0 Å². The molecule has 0 bridgehead atoms. The van der Waals surface area contributed by atoms with Gasteiger partial charge in [0, 0.05) is 0 Å². The molecule has 7 heteroatoms. The SMILES string of the molecule is O=C(n1c(=O)oc2ccccc21)n1c(=O)oc2ccccc21. The number of nitrogens with zero attached hydrogens (tertiary/aromatic N) is 2. The smallest absolute Gasteiger partial charge is 0.407 e. The van der Waals surface area contributed by atoms with Crippen LogP contribution in [0.25, 0.3) is 22.2 Å². The number of aromatic nitrogens is 2. The minimum atomic E-state index is -0.858. The van der Waals surface area contributed by atoms with Gasteiger partial charge in [-0.05, 0) is 24.3 Å². The van der Waals surface area contributed by atoms with Crippen molar-refractivity contribution in [2.75, 3.05) is 0 Å². The minimum absolute atomic E-state index is 0.265. The molecule has 0 spiro atoms. The van der Waals surface area contributed by atoms with Crippen molar-refractivity contribution in [2.45, 2.75) is 0 Å². The number of fused-ring (bicyclic) bond motifs is 2. The molecule has 2 aromatic heterocycles. The van der Waals surface area contributed by atoms with E-state index >= 15 is 0 Å². The zero-order valence-corrected chi connectivity index (χ0v) is 11.1. The molecule has 2 heterocycles. The molecular formula is C15H8N2O5. The van der Waals surface area contributed by atoms with Crippen LogP contribution in [0.2, 0.25) is 0 Å². The van der Waals surface area contributed by atoms with Crippen LogP contribution in [0, 0.1) is 0 Å². The van der Waals surface area contributed by atoms with Gasteiger partial charge >= 0.3 is 17.5 Å². The van der Waals surface area contributed by atoms with Gasteiger partial charge in [-0.3, -0.25) is 0 Å². The quantitative estimate of drug-likeness (QED) is 0.495. The summed E-state index contributed by atoms with van der Waals surface area (Å²) in [6.07, 6.45) is 0. The lowest BCUT2D eigenvalue weighted by Crippen LogP contribution is -2.33. The van der Waals surface area contributed by atoms with Crippen LogP contribution >= 0.6 is 0 Å². The van der Waals surface area contributed by atoms with Gasteiger partial charge < -0.3 is 8.83 Å². The van der Waals surface area contributed by atoms with E-state index in [-0.39, 0.29) is 22.2 Å². The lowest BCUT2D eigenvalue weighted by atomic mass is 10.3. The van der Waals surface area contributed by atoms with Crippen LogP contribution in [0.3, 0.4) is 0 Å². The Morgan fingerprint density at radius 3 is 1.59 bits per heavy atom. The van der Waals surface area contributed by atoms with Gasteiger partial charge in [-0.1, -0.05) is 24.3 Å². The minimum Gasteiger partial charge on any atom is -0.407 e. The number of hydrogen-bond donors (Lipinski definition) is 0.